The number of hydrogen-bond donors (Lipinski definition) is 2. The fraction of sp³-hybridized carbons (Fsp3) is 0.400. The Labute approximate surface area is 126 Å². The van der Waals surface area contributed by atoms with E-state index in [2.05, 4.69) is 10.3 Å². The van der Waals surface area contributed by atoms with Gasteiger partial charge in [0, 0.05) is 25.3 Å². The van der Waals surface area contributed by atoms with E-state index in [4.69, 9.17) is 4.74 Å². The molecule has 0 bridgehead atoms. The Balaban J connectivity index is 2.29. The van der Waals surface area contributed by atoms with E-state index in [-0.39, 0.29) is 11.5 Å². The van der Waals surface area contributed by atoms with Gasteiger partial charge >= 0.3 is 5.69 Å². The molecule has 0 aliphatic carbocycles. The van der Waals surface area contributed by atoms with E-state index < -0.39 is 5.69 Å². The van der Waals surface area contributed by atoms with Crippen molar-refractivity contribution in [3.63, 3.8) is 0 Å². The fourth-order valence-corrected chi connectivity index (χ4v) is 2.17. The number of benzene rings is 1. The van der Waals surface area contributed by atoms with Crippen LogP contribution in [0.3, 0.4) is 0 Å². The van der Waals surface area contributed by atoms with Crippen molar-refractivity contribution in [3.05, 3.63) is 44.6 Å². The monoisotopic (exact) mass is 305 g/mol. The van der Waals surface area contributed by atoms with E-state index in [0.717, 1.165) is 4.57 Å². The van der Waals surface area contributed by atoms with E-state index in [1.165, 1.54) is 6.07 Å². The Morgan fingerprint density at radius 2 is 2.09 bits per heavy atom. The predicted octanol–water partition coefficient (Wildman–Crippen LogP) is 0.476. The fourth-order valence-electron chi connectivity index (χ4n) is 2.17. The van der Waals surface area contributed by atoms with Crippen LogP contribution in [0.15, 0.2) is 27.8 Å². The van der Waals surface area contributed by atoms with Crippen molar-refractivity contribution in [3.8, 4) is 0 Å². The first kappa shape index (κ1) is 16.0. The van der Waals surface area contributed by atoms with Crippen LogP contribution in [-0.4, -0.2) is 35.2 Å². The highest BCUT2D eigenvalue weighted by Gasteiger charge is 2.10. The van der Waals surface area contributed by atoms with Crippen LogP contribution in [0.1, 0.15) is 24.2 Å². The maximum absolute atomic E-state index is 12.1. The van der Waals surface area contributed by atoms with Crippen LogP contribution >= 0.6 is 0 Å². The Bertz CT molecular complexity index is 791. The van der Waals surface area contributed by atoms with E-state index in [9.17, 15) is 14.4 Å². The zero-order chi connectivity index (χ0) is 16.1. The van der Waals surface area contributed by atoms with Gasteiger partial charge in [-0.25, -0.2) is 4.79 Å². The number of H-pyrrole nitrogens is 1. The maximum Gasteiger partial charge on any atom is 0.328 e. The molecule has 1 heterocycles. The van der Waals surface area contributed by atoms with Gasteiger partial charge in [0.1, 0.15) is 0 Å². The number of aromatic amines is 1. The van der Waals surface area contributed by atoms with Crippen LogP contribution < -0.4 is 16.6 Å². The van der Waals surface area contributed by atoms with Gasteiger partial charge in [-0.2, -0.15) is 0 Å². The number of carbonyl (C=O) groups excluding carboxylic acids is 1. The molecule has 1 aromatic carbocycles. The Kier molecular flexibility index (Phi) is 5.11. The number of hydrogen-bond acceptors (Lipinski definition) is 4. The van der Waals surface area contributed by atoms with Gasteiger partial charge in [0.05, 0.1) is 17.5 Å². The van der Waals surface area contributed by atoms with Gasteiger partial charge < -0.3 is 15.0 Å². The second kappa shape index (κ2) is 7.04. The zero-order valence-electron chi connectivity index (χ0n) is 12.6. The molecule has 0 aliphatic rings. The predicted molar refractivity (Wildman–Crippen MR) is 83.3 cm³/mol. The van der Waals surface area contributed by atoms with Crippen molar-refractivity contribution in [2.75, 3.05) is 19.8 Å². The van der Waals surface area contributed by atoms with Gasteiger partial charge in [-0.05, 0) is 32.0 Å². The summed E-state index contributed by atoms with van der Waals surface area (Å²) in [5.41, 5.74) is -0.0936. The van der Waals surface area contributed by atoms with E-state index in [1.54, 1.807) is 19.1 Å². The lowest BCUT2D eigenvalue weighted by Gasteiger charge is -2.07. The topological polar surface area (TPSA) is 93.2 Å². The lowest BCUT2D eigenvalue weighted by Crippen LogP contribution is -2.34. The van der Waals surface area contributed by atoms with Gasteiger partial charge in [-0.3, -0.25) is 14.2 Å². The third kappa shape index (κ3) is 3.25. The minimum atomic E-state index is -0.478. The summed E-state index contributed by atoms with van der Waals surface area (Å²) in [6.45, 7) is 5.33. The van der Waals surface area contributed by atoms with Crippen LogP contribution in [0, 0.1) is 0 Å². The molecule has 7 heteroatoms. The second-order valence-corrected chi connectivity index (χ2v) is 4.69. The van der Waals surface area contributed by atoms with Crippen LogP contribution in [0.25, 0.3) is 10.9 Å². The summed E-state index contributed by atoms with van der Waals surface area (Å²) in [6, 6.07) is 4.63. The largest absolute Gasteiger partial charge is 0.380 e. The minimum Gasteiger partial charge on any atom is -0.380 e. The first-order chi connectivity index (χ1) is 10.6. The smallest absolute Gasteiger partial charge is 0.328 e. The molecule has 0 unspecified atom stereocenters. The summed E-state index contributed by atoms with van der Waals surface area (Å²) in [5.74, 6) is -0.276. The van der Waals surface area contributed by atoms with E-state index in [0.29, 0.717) is 42.8 Å². The summed E-state index contributed by atoms with van der Waals surface area (Å²) >= 11 is 0. The number of carbonyl (C=O) groups is 1. The third-order valence-corrected chi connectivity index (χ3v) is 3.30. The summed E-state index contributed by atoms with van der Waals surface area (Å²) in [5, 5.41) is 3.09. The van der Waals surface area contributed by atoms with Crippen molar-refractivity contribution in [1.82, 2.24) is 14.9 Å². The highest BCUT2D eigenvalue weighted by Crippen LogP contribution is 2.09. The molecule has 118 valence electrons. The Morgan fingerprint density at radius 3 is 2.77 bits per heavy atom. The highest BCUT2D eigenvalue weighted by atomic mass is 16.5. The van der Waals surface area contributed by atoms with Crippen LogP contribution in [0.4, 0.5) is 0 Å². The average Bonchev–Trinajstić information content (AvgIpc) is 2.51. The van der Waals surface area contributed by atoms with Crippen molar-refractivity contribution >= 4 is 16.8 Å². The van der Waals surface area contributed by atoms with Crippen molar-refractivity contribution in [2.24, 2.45) is 0 Å². The standard InChI is InChI=1S/C15H19N3O4/c1-3-18-14(20)11-6-5-10(9-12(11)17-15(18)21)13(19)16-7-8-22-4-2/h5-6,9H,3-4,7-8H2,1-2H3,(H,16,19)(H,17,21). The lowest BCUT2D eigenvalue weighted by atomic mass is 10.1. The van der Waals surface area contributed by atoms with E-state index >= 15 is 0 Å². The van der Waals surface area contributed by atoms with Crippen LogP contribution in [-0.2, 0) is 11.3 Å². The normalized spacial score (nSPS) is 10.8. The molecule has 22 heavy (non-hydrogen) atoms. The molecule has 0 spiro atoms. The summed E-state index contributed by atoms with van der Waals surface area (Å²) in [7, 11) is 0. The SMILES string of the molecule is CCOCCNC(=O)c1ccc2c(=O)n(CC)c(=O)[nH]c2c1. The average molecular weight is 305 g/mol. The summed E-state index contributed by atoms with van der Waals surface area (Å²) in [4.78, 5) is 38.6. The molecular weight excluding hydrogens is 286 g/mol. The Morgan fingerprint density at radius 1 is 1.32 bits per heavy atom. The number of fused-ring (bicyclic) bond motifs is 1. The maximum atomic E-state index is 12.1. The first-order valence-corrected chi connectivity index (χ1v) is 7.21. The molecule has 0 atom stereocenters. The highest BCUT2D eigenvalue weighted by molar-refractivity contribution is 5.97. The quantitative estimate of drug-likeness (QED) is 0.759. The third-order valence-electron chi connectivity index (χ3n) is 3.30. The van der Waals surface area contributed by atoms with Gasteiger partial charge in [-0.15, -0.1) is 0 Å². The first-order valence-electron chi connectivity index (χ1n) is 7.21. The molecule has 0 radical (unpaired) electrons. The Hall–Kier alpha value is -2.41. The second-order valence-electron chi connectivity index (χ2n) is 4.69. The van der Waals surface area contributed by atoms with Crippen LogP contribution in [0.2, 0.25) is 0 Å². The summed E-state index contributed by atoms with van der Waals surface area (Å²) < 4.78 is 6.26. The summed E-state index contributed by atoms with van der Waals surface area (Å²) in [6.07, 6.45) is 0. The van der Waals surface area contributed by atoms with Gasteiger partial charge in [0.25, 0.3) is 11.5 Å². The molecule has 1 aromatic heterocycles. The van der Waals surface area contributed by atoms with Crippen molar-refractivity contribution < 1.29 is 9.53 Å². The van der Waals surface area contributed by atoms with Crippen molar-refractivity contribution in [2.45, 2.75) is 20.4 Å². The number of amides is 1. The minimum absolute atomic E-state index is 0.276. The van der Waals surface area contributed by atoms with Gasteiger partial charge in [0.15, 0.2) is 0 Å². The molecule has 2 rings (SSSR count). The van der Waals surface area contributed by atoms with Gasteiger partial charge in [-0.1, -0.05) is 0 Å². The lowest BCUT2D eigenvalue weighted by molar-refractivity contribution is 0.0922. The van der Waals surface area contributed by atoms with Crippen LogP contribution in [0.5, 0.6) is 0 Å². The van der Waals surface area contributed by atoms with E-state index in [1.807, 2.05) is 6.92 Å². The molecule has 0 saturated carbocycles. The molecule has 1 amide bonds. The molecule has 2 aromatic rings. The zero-order valence-corrected chi connectivity index (χ0v) is 12.6. The number of aromatic nitrogens is 2. The molecule has 0 fully saturated rings. The molecular formula is C15H19N3O4. The molecule has 2 N–H and O–H groups in total. The van der Waals surface area contributed by atoms with Gasteiger partial charge in [0.2, 0.25) is 0 Å². The number of nitrogens with zero attached hydrogens (tertiary/aromatic N) is 1. The number of ether oxygens (including phenoxy) is 1. The molecule has 0 aliphatic heterocycles. The number of rotatable bonds is 6. The molecule has 0 saturated heterocycles. The molecule has 7 nitrogen and oxygen atoms in total. The number of nitrogens with one attached hydrogen (secondary N) is 2. The van der Waals surface area contributed by atoms with Crippen molar-refractivity contribution in [1.29, 1.82) is 0 Å².